The minimum atomic E-state index is -0.503. The van der Waals surface area contributed by atoms with Gasteiger partial charge in [0.2, 0.25) is 0 Å². The van der Waals surface area contributed by atoms with E-state index in [1.165, 1.54) is 22.9 Å². The first-order valence-electron chi connectivity index (χ1n) is 7.09. The van der Waals surface area contributed by atoms with E-state index in [9.17, 15) is 9.18 Å². The second-order valence-electron chi connectivity index (χ2n) is 4.90. The molecule has 0 aliphatic heterocycles. The number of amides is 1. The third-order valence-electron chi connectivity index (χ3n) is 3.17. The summed E-state index contributed by atoms with van der Waals surface area (Å²) in [6.45, 7) is 0.134. The summed E-state index contributed by atoms with van der Waals surface area (Å²) in [7, 11) is 0. The summed E-state index contributed by atoms with van der Waals surface area (Å²) in [4.78, 5) is 12.1. The lowest BCUT2D eigenvalue weighted by Crippen LogP contribution is -2.15. The number of anilines is 1. The monoisotopic (exact) mass is 345 g/mol. The van der Waals surface area contributed by atoms with Crippen molar-refractivity contribution in [1.82, 2.24) is 9.78 Å². The lowest BCUT2D eigenvalue weighted by atomic mass is 10.3. The molecular weight excluding hydrogens is 333 g/mol. The third kappa shape index (κ3) is 3.91. The van der Waals surface area contributed by atoms with E-state index in [1.54, 1.807) is 42.6 Å². The van der Waals surface area contributed by atoms with Gasteiger partial charge in [0.05, 0.1) is 5.69 Å². The average molecular weight is 346 g/mol. The molecule has 0 bridgehead atoms. The van der Waals surface area contributed by atoms with E-state index < -0.39 is 11.7 Å². The molecule has 0 unspecified atom stereocenters. The smallest absolute Gasteiger partial charge is 0.276 e. The van der Waals surface area contributed by atoms with Gasteiger partial charge in [0.1, 0.15) is 11.6 Å². The van der Waals surface area contributed by atoms with Gasteiger partial charge < -0.3 is 10.1 Å². The Morgan fingerprint density at radius 1 is 1.17 bits per heavy atom. The Kier molecular flexibility index (Phi) is 4.77. The summed E-state index contributed by atoms with van der Waals surface area (Å²) in [5, 5.41) is 7.19. The molecule has 0 saturated carbocycles. The highest BCUT2D eigenvalue weighted by Gasteiger charge is 2.12. The van der Waals surface area contributed by atoms with Gasteiger partial charge in [-0.25, -0.2) is 9.07 Å². The van der Waals surface area contributed by atoms with Crippen molar-refractivity contribution in [1.29, 1.82) is 0 Å². The van der Waals surface area contributed by atoms with Crippen LogP contribution in [0.1, 0.15) is 10.5 Å². The molecule has 7 heteroatoms. The van der Waals surface area contributed by atoms with E-state index >= 15 is 0 Å². The van der Waals surface area contributed by atoms with Crippen LogP contribution in [0.5, 0.6) is 5.75 Å². The summed E-state index contributed by atoms with van der Waals surface area (Å²) in [5.41, 5.74) is 0.271. The van der Waals surface area contributed by atoms with Crippen LogP contribution in [0.15, 0.2) is 60.8 Å². The van der Waals surface area contributed by atoms with Crippen molar-refractivity contribution in [3.05, 3.63) is 77.3 Å². The second-order valence-corrected chi connectivity index (χ2v) is 5.34. The number of rotatable bonds is 5. The van der Waals surface area contributed by atoms with Gasteiger partial charge in [0.25, 0.3) is 5.91 Å². The molecule has 1 N–H and O–H groups in total. The minimum absolute atomic E-state index is 0.106. The molecular formula is C17H13ClFN3O2. The number of hydrogen-bond donors (Lipinski definition) is 1. The quantitative estimate of drug-likeness (QED) is 0.761. The topological polar surface area (TPSA) is 56.2 Å². The van der Waals surface area contributed by atoms with Crippen LogP contribution < -0.4 is 10.1 Å². The number of benzene rings is 2. The van der Waals surface area contributed by atoms with E-state index in [1.807, 2.05) is 0 Å². The number of carbonyl (C=O) groups excluding carboxylic acids is 1. The zero-order chi connectivity index (χ0) is 16.9. The predicted molar refractivity (Wildman–Crippen MR) is 88.7 cm³/mol. The molecule has 1 amide bonds. The first kappa shape index (κ1) is 16.0. The van der Waals surface area contributed by atoms with Crippen molar-refractivity contribution in [2.45, 2.75) is 6.73 Å². The summed E-state index contributed by atoms with van der Waals surface area (Å²) < 4.78 is 20.5. The fourth-order valence-corrected chi connectivity index (χ4v) is 2.10. The van der Waals surface area contributed by atoms with Crippen LogP contribution in [0.25, 0.3) is 0 Å². The van der Waals surface area contributed by atoms with Crippen molar-refractivity contribution in [2.75, 3.05) is 5.32 Å². The van der Waals surface area contributed by atoms with Gasteiger partial charge in [-0.05, 0) is 42.5 Å². The number of halogens is 2. The van der Waals surface area contributed by atoms with Gasteiger partial charge in [-0.3, -0.25) is 4.79 Å². The van der Waals surface area contributed by atoms with Crippen LogP contribution in [-0.4, -0.2) is 15.7 Å². The summed E-state index contributed by atoms with van der Waals surface area (Å²) in [6.07, 6.45) is 1.60. The van der Waals surface area contributed by atoms with Crippen LogP contribution in [0, 0.1) is 5.82 Å². The van der Waals surface area contributed by atoms with Crippen LogP contribution in [0.4, 0.5) is 10.1 Å². The zero-order valence-electron chi connectivity index (χ0n) is 12.4. The SMILES string of the molecule is O=C(Nc1ccccc1F)c1ccn(COc2ccc(Cl)cc2)n1. The van der Waals surface area contributed by atoms with Gasteiger partial charge >= 0.3 is 0 Å². The van der Waals surface area contributed by atoms with E-state index in [2.05, 4.69) is 10.4 Å². The maximum Gasteiger partial charge on any atom is 0.276 e. The normalized spacial score (nSPS) is 10.4. The molecule has 0 fully saturated rings. The maximum absolute atomic E-state index is 13.5. The zero-order valence-corrected chi connectivity index (χ0v) is 13.2. The fourth-order valence-electron chi connectivity index (χ4n) is 1.98. The molecule has 0 radical (unpaired) electrons. The highest BCUT2D eigenvalue weighted by atomic mass is 35.5. The van der Waals surface area contributed by atoms with Crippen LogP contribution in [0.2, 0.25) is 5.02 Å². The molecule has 24 heavy (non-hydrogen) atoms. The lowest BCUT2D eigenvalue weighted by Gasteiger charge is -2.06. The van der Waals surface area contributed by atoms with E-state index in [4.69, 9.17) is 16.3 Å². The first-order chi connectivity index (χ1) is 11.6. The Morgan fingerprint density at radius 2 is 1.92 bits per heavy atom. The number of ether oxygens (including phenoxy) is 1. The van der Waals surface area contributed by atoms with E-state index in [0.717, 1.165) is 0 Å². The number of nitrogens with one attached hydrogen (secondary N) is 1. The standard InChI is InChI=1S/C17H13ClFN3O2/c18-12-5-7-13(8-6-12)24-11-22-10-9-16(21-22)17(23)20-15-4-2-1-3-14(15)19/h1-10H,11H2,(H,20,23). The molecule has 1 heterocycles. The van der Waals surface area contributed by atoms with Crippen LogP contribution in [0.3, 0.4) is 0 Å². The fraction of sp³-hybridized carbons (Fsp3) is 0.0588. The average Bonchev–Trinajstić information content (AvgIpc) is 3.06. The predicted octanol–water partition coefficient (Wildman–Crippen LogP) is 3.96. The Bertz CT molecular complexity index is 849. The molecule has 0 aliphatic rings. The highest BCUT2D eigenvalue weighted by Crippen LogP contribution is 2.16. The van der Waals surface area contributed by atoms with Crippen molar-refractivity contribution < 1.29 is 13.9 Å². The number of aromatic nitrogens is 2. The van der Waals surface area contributed by atoms with Crippen molar-refractivity contribution in [2.24, 2.45) is 0 Å². The van der Waals surface area contributed by atoms with Gasteiger partial charge in [-0.15, -0.1) is 0 Å². The summed E-state index contributed by atoms with van der Waals surface area (Å²) >= 11 is 5.80. The van der Waals surface area contributed by atoms with Crippen molar-refractivity contribution >= 4 is 23.2 Å². The second kappa shape index (κ2) is 7.14. The molecule has 1 aromatic heterocycles. The van der Waals surface area contributed by atoms with Crippen molar-refractivity contribution in [3.8, 4) is 5.75 Å². The summed E-state index contributed by atoms with van der Waals surface area (Å²) in [5.74, 6) is -0.367. The Balaban J connectivity index is 1.61. The van der Waals surface area contributed by atoms with Crippen molar-refractivity contribution in [3.63, 3.8) is 0 Å². The van der Waals surface area contributed by atoms with Crippen LogP contribution in [-0.2, 0) is 6.73 Å². The van der Waals surface area contributed by atoms with E-state index in [-0.39, 0.29) is 18.1 Å². The Hall–Kier alpha value is -2.86. The first-order valence-corrected chi connectivity index (χ1v) is 7.47. The molecule has 5 nitrogen and oxygen atoms in total. The van der Waals surface area contributed by atoms with Gasteiger partial charge in [0.15, 0.2) is 12.4 Å². The van der Waals surface area contributed by atoms with E-state index in [0.29, 0.717) is 10.8 Å². The molecule has 122 valence electrons. The number of para-hydroxylation sites is 1. The summed E-state index contributed by atoms with van der Waals surface area (Å²) in [6, 6.07) is 14.4. The highest BCUT2D eigenvalue weighted by molar-refractivity contribution is 6.30. The van der Waals surface area contributed by atoms with Gasteiger partial charge in [0, 0.05) is 11.2 Å². The van der Waals surface area contributed by atoms with Gasteiger partial charge in [-0.1, -0.05) is 23.7 Å². The molecule has 3 aromatic rings. The molecule has 0 spiro atoms. The number of hydrogen-bond acceptors (Lipinski definition) is 3. The number of carbonyl (C=O) groups is 1. The van der Waals surface area contributed by atoms with Crippen LogP contribution >= 0.6 is 11.6 Å². The molecule has 0 saturated heterocycles. The maximum atomic E-state index is 13.5. The molecule has 3 rings (SSSR count). The van der Waals surface area contributed by atoms with Gasteiger partial charge in [-0.2, -0.15) is 5.10 Å². The largest absolute Gasteiger partial charge is 0.471 e. The molecule has 0 atom stereocenters. The number of nitrogens with zero attached hydrogens (tertiary/aromatic N) is 2. The third-order valence-corrected chi connectivity index (χ3v) is 3.42. The lowest BCUT2D eigenvalue weighted by molar-refractivity contribution is 0.101. The molecule has 2 aromatic carbocycles. The Morgan fingerprint density at radius 3 is 2.67 bits per heavy atom. The molecule has 0 aliphatic carbocycles. The minimum Gasteiger partial charge on any atom is -0.471 e. The Labute approximate surface area is 142 Å².